The number of unbranched alkanes of at least 4 members (excludes halogenated alkanes) is 3. The third kappa shape index (κ3) is 7.09. The molecule has 0 aromatic heterocycles. The summed E-state index contributed by atoms with van der Waals surface area (Å²) < 4.78 is 12.4. The number of ether oxygens (including phenoxy) is 2. The van der Waals surface area contributed by atoms with Gasteiger partial charge in [0.1, 0.15) is 23.2 Å². The summed E-state index contributed by atoms with van der Waals surface area (Å²) in [6.07, 6.45) is 4.13. The van der Waals surface area contributed by atoms with E-state index in [1.807, 2.05) is 30.3 Å². The van der Waals surface area contributed by atoms with Crippen LogP contribution < -0.4 is 20.9 Å². The minimum absolute atomic E-state index is 0.0632. The predicted octanol–water partition coefficient (Wildman–Crippen LogP) is 3.88. The van der Waals surface area contributed by atoms with Gasteiger partial charge in [-0.1, -0.05) is 0 Å². The Balaban J connectivity index is 1.56. The summed E-state index contributed by atoms with van der Waals surface area (Å²) in [7, 11) is 0. The lowest BCUT2D eigenvalue weighted by Crippen LogP contribution is -2.12. The van der Waals surface area contributed by atoms with Gasteiger partial charge in [0.25, 0.3) is 0 Å². The molecule has 0 aliphatic carbocycles. The van der Waals surface area contributed by atoms with Crippen LogP contribution in [0.2, 0.25) is 0 Å². The second-order valence-corrected chi connectivity index (χ2v) is 7.27. The Kier molecular flexibility index (Phi) is 8.38. The molecular weight excluding hydrogens is 455 g/mol. The number of halogens is 1. The second-order valence-electron chi connectivity index (χ2n) is 6.10. The number of rotatable bonds is 11. The molecule has 0 amide bonds. The maximum absolute atomic E-state index is 7.48. The lowest BCUT2D eigenvalue weighted by atomic mass is 10.2. The van der Waals surface area contributed by atoms with E-state index in [0.717, 1.165) is 46.3 Å². The minimum Gasteiger partial charge on any atom is -0.494 e. The van der Waals surface area contributed by atoms with E-state index in [9.17, 15) is 0 Å². The molecule has 7 heteroatoms. The molecule has 0 atom stereocenters. The molecule has 2 aromatic rings. The molecule has 0 bridgehead atoms. The van der Waals surface area contributed by atoms with Crippen LogP contribution in [0.3, 0.4) is 0 Å². The van der Waals surface area contributed by atoms with Crippen LogP contribution in [-0.2, 0) is 0 Å². The molecule has 2 rings (SSSR count). The highest BCUT2D eigenvalue weighted by Crippen LogP contribution is 2.20. The van der Waals surface area contributed by atoms with Crippen LogP contribution in [0.5, 0.6) is 11.5 Å². The molecule has 0 aliphatic heterocycles. The van der Waals surface area contributed by atoms with Gasteiger partial charge in [-0.25, -0.2) is 0 Å². The summed E-state index contributed by atoms with van der Waals surface area (Å²) in [6.45, 7) is 1.34. The SMILES string of the molecule is N=C(N)c1ccc(OCCCCCCOc2ccc(C(=N)N)c(I)c2)cc1. The second kappa shape index (κ2) is 10.8. The van der Waals surface area contributed by atoms with Gasteiger partial charge in [-0.3, -0.25) is 10.8 Å². The Bertz CT molecular complexity index is 778. The molecule has 0 saturated heterocycles. The quantitative estimate of drug-likeness (QED) is 0.169. The Hall–Kier alpha value is -2.29. The number of nitrogens with two attached hydrogens (primary N) is 2. The Labute approximate surface area is 173 Å². The molecule has 6 nitrogen and oxygen atoms in total. The van der Waals surface area contributed by atoms with E-state index in [-0.39, 0.29) is 11.7 Å². The summed E-state index contributed by atoms with van der Waals surface area (Å²) in [6, 6.07) is 12.8. The summed E-state index contributed by atoms with van der Waals surface area (Å²) in [5.41, 5.74) is 12.4. The Morgan fingerprint density at radius 1 is 0.778 bits per heavy atom. The number of nitrogen functional groups attached to an aromatic ring is 2. The zero-order chi connectivity index (χ0) is 19.6. The Morgan fingerprint density at radius 2 is 1.33 bits per heavy atom. The third-order valence-electron chi connectivity index (χ3n) is 3.97. The molecule has 0 saturated carbocycles. The van der Waals surface area contributed by atoms with Crippen molar-refractivity contribution in [2.45, 2.75) is 25.7 Å². The summed E-state index contributed by atoms with van der Waals surface area (Å²) in [5.74, 6) is 1.74. The highest BCUT2D eigenvalue weighted by molar-refractivity contribution is 14.1. The zero-order valence-electron chi connectivity index (χ0n) is 15.1. The number of hydrogen-bond acceptors (Lipinski definition) is 4. The van der Waals surface area contributed by atoms with Crippen molar-refractivity contribution in [3.63, 3.8) is 0 Å². The summed E-state index contributed by atoms with van der Waals surface area (Å²) in [4.78, 5) is 0. The largest absolute Gasteiger partial charge is 0.494 e. The van der Waals surface area contributed by atoms with Crippen molar-refractivity contribution in [2.75, 3.05) is 13.2 Å². The predicted molar refractivity (Wildman–Crippen MR) is 117 cm³/mol. The van der Waals surface area contributed by atoms with Gasteiger partial charge in [0.2, 0.25) is 0 Å². The van der Waals surface area contributed by atoms with Gasteiger partial charge in [0, 0.05) is 14.7 Å². The maximum Gasteiger partial charge on any atom is 0.123 e. The van der Waals surface area contributed by atoms with Crippen LogP contribution in [0.4, 0.5) is 0 Å². The molecule has 0 unspecified atom stereocenters. The molecule has 0 radical (unpaired) electrons. The number of benzene rings is 2. The van der Waals surface area contributed by atoms with Crippen LogP contribution >= 0.6 is 22.6 Å². The highest BCUT2D eigenvalue weighted by Gasteiger charge is 2.04. The molecule has 27 heavy (non-hydrogen) atoms. The normalized spacial score (nSPS) is 10.4. The van der Waals surface area contributed by atoms with E-state index in [2.05, 4.69) is 22.6 Å². The van der Waals surface area contributed by atoms with Crippen LogP contribution in [0.1, 0.15) is 36.8 Å². The van der Waals surface area contributed by atoms with Gasteiger partial charge in [0.15, 0.2) is 0 Å². The lowest BCUT2D eigenvalue weighted by Gasteiger charge is -2.09. The molecule has 0 spiro atoms. The van der Waals surface area contributed by atoms with Gasteiger partial charge in [-0.2, -0.15) is 0 Å². The molecule has 6 N–H and O–H groups in total. The van der Waals surface area contributed by atoms with Crippen LogP contribution in [0, 0.1) is 14.4 Å². The monoisotopic (exact) mass is 480 g/mol. The van der Waals surface area contributed by atoms with E-state index >= 15 is 0 Å². The molecule has 144 valence electrons. The third-order valence-corrected chi connectivity index (χ3v) is 4.86. The summed E-state index contributed by atoms with van der Waals surface area (Å²) in [5, 5.41) is 14.8. The smallest absolute Gasteiger partial charge is 0.123 e. The van der Waals surface area contributed by atoms with Gasteiger partial charge in [0.05, 0.1) is 13.2 Å². The first-order chi connectivity index (χ1) is 13.0. The zero-order valence-corrected chi connectivity index (χ0v) is 17.3. The van der Waals surface area contributed by atoms with E-state index < -0.39 is 0 Å². The molecular formula is C20H25IN4O2. The number of hydrogen-bond donors (Lipinski definition) is 4. The topological polar surface area (TPSA) is 118 Å². The maximum atomic E-state index is 7.48. The average Bonchev–Trinajstić information content (AvgIpc) is 2.64. The van der Waals surface area contributed by atoms with Crippen molar-refractivity contribution in [3.05, 3.63) is 57.2 Å². The van der Waals surface area contributed by atoms with Gasteiger partial charge >= 0.3 is 0 Å². The van der Waals surface area contributed by atoms with Crippen LogP contribution in [0.15, 0.2) is 42.5 Å². The highest BCUT2D eigenvalue weighted by atomic mass is 127. The minimum atomic E-state index is 0.0632. The van der Waals surface area contributed by atoms with Gasteiger partial charge in [-0.15, -0.1) is 0 Å². The first kappa shape index (κ1) is 21.0. The van der Waals surface area contributed by atoms with Crippen molar-refractivity contribution in [1.29, 1.82) is 10.8 Å². The first-order valence-corrected chi connectivity index (χ1v) is 9.89. The number of nitrogens with one attached hydrogen (secondary N) is 2. The lowest BCUT2D eigenvalue weighted by molar-refractivity contribution is 0.287. The van der Waals surface area contributed by atoms with Crippen molar-refractivity contribution in [2.24, 2.45) is 11.5 Å². The van der Waals surface area contributed by atoms with E-state index in [1.165, 1.54) is 0 Å². The van der Waals surface area contributed by atoms with Gasteiger partial charge in [-0.05, 0) is 90.7 Å². The fourth-order valence-corrected chi connectivity index (χ4v) is 3.25. The van der Waals surface area contributed by atoms with Crippen LogP contribution in [0.25, 0.3) is 0 Å². The van der Waals surface area contributed by atoms with Gasteiger partial charge < -0.3 is 20.9 Å². The summed E-state index contributed by atoms with van der Waals surface area (Å²) >= 11 is 2.16. The van der Waals surface area contributed by atoms with Crippen LogP contribution in [-0.4, -0.2) is 24.9 Å². The van der Waals surface area contributed by atoms with E-state index in [1.54, 1.807) is 12.1 Å². The molecule has 0 fully saturated rings. The standard InChI is InChI=1S/C20H25IN4O2/c21-18-13-16(9-10-17(18)20(24)25)27-12-4-2-1-3-11-26-15-7-5-14(6-8-15)19(22)23/h5-10,13H,1-4,11-12H2,(H3,22,23)(H3,24,25). The van der Waals surface area contributed by atoms with Crippen molar-refractivity contribution in [3.8, 4) is 11.5 Å². The molecule has 0 aliphatic rings. The molecule has 2 aromatic carbocycles. The van der Waals surface area contributed by atoms with E-state index in [0.29, 0.717) is 18.8 Å². The number of amidine groups is 2. The van der Waals surface area contributed by atoms with E-state index in [4.69, 9.17) is 31.8 Å². The van der Waals surface area contributed by atoms with Crippen molar-refractivity contribution >= 4 is 34.3 Å². The fraction of sp³-hybridized carbons (Fsp3) is 0.300. The average molecular weight is 480 g/mol. The first-order valence-electron chi connectivity index (χ1n) is 8.81. The Morgan fingerprint density at radius 3 is 1.85 bits per heavy atom. The molecule has 0 heterocycles. The van der Waals surface area contributed by atoms with Crippen molar-refractivity contribution < 1.29 is 9.47 Å². The van der Waals surface area contributed by atoms with Crippen molar-refractivity contribution in [1.82, 2.24) is 0 Å². The fourth-order valence-electron chi connectivity index (χ4n) is 2.47.